The van der Waals surface area contributed by atoms with Gasteiger partial charge in [0.15, 0.2) is 0 Å². The molecule has 29 heavy (non-hydrogen) atoms. The molecule has 3 rings (SSSR count). The molecule has 0 aliphatic carbocycles. The summed E-state index contributed by atoms with van der Waals surface area (Å²) in [4.78, 5) is 11.6. The minimum absolute atomic E-state index is 0.375. The molecule has 0 atom stereocenters. The summed E-state index contributed by atoms with van der Waals surface area (Å²) in [6.07, 6.45) is 0. The molecular formula is C26H24O3. The Morgan fingerprint density at radius 1 is 0.690 bits per heavy atom. The van der Waals surface area contributed by atoms with E-state index in [2.05, 4.69) is 37.4 Å². The first-order chi connectivity index (χ1) is 13.9. The Morgan fingerprint density at radius 3 is 1.45 bits per heavy atom. The smallest absolute Gasteiger partial charge is 0.338 e. The Morgan fingerprint density at radius 2 is 1.07 bits per heavy atom. The predicted molar refractivity (Wildman–Crippen MR) is 118 cm³/mol. The number of benzene rings is 3. The van der Waals surface area contributed by atoms with Gasteiger partial charge in [-0.2, -0.15) is 0 Å². The van der Waals surface area contributed by atoms with Gasteiger partial charge < -0.3 is 9.47 Å². The first-order valence-corrected chi connectivity index (χ1v) is 9.38. The lowest BCUT2D eigenvalue weighted by Gasteiger charge is -2.09. The number of hydrogen-bond acceptors (Lipinski definition) is 3. The Labute approximate surface area is 171 Å². The summed E-state index contributed by atoms with van der Waals surface area (Å²) in [6, 6.07) is 23.8. The van der Waals surface area contributed by atoms with Gasteiger partial charge in [0.1, 0.15) is 18.1 Å². The van der Waals surface area contributed by atoms with Crippen LogP contribution >= 0.6 is 0 Å². The number of carbonyl (C=O) groups excluding carboxylic acids is 1. The standard InChI is InChI=1S/C26H24O3/c1-18(2)17-28-24-13-9-22(10-14-24)20-5-7-21(8-6-20)23-11-15-25(16-12-23)29-26(27)19(3)4/h5-16H,1,3,17H2,2,4H3. The zero-order valence-corrected chi connectivity index (χ0v) is 16.8. The molecule has 3 aromatic rings. The largest absolute Gasteiger partial charge is 0.489 e. The van der Waals surface area contributed by atoms with E-state index in [9.17, 15) is 4.79 Å². The molecular weight excluding hydrogens is 360 g/mol. The van der Waals surface area contributed by atoms with Gasteiger partial charge in [-0.3, -0.25) is 0 Å². The second-order valence-corrected chi connectivity index (χ2v) is 7.04. The summed E-state index contributed by atoms with van der Waals surface area (Å²) >= 11 is 0. The van der Waals surface area contributed by atoms with Gasteiger partial charge in [0.25, 0.3) is 0 Å². The molecule has 0 N–H and O–H groups in total. The highest BCUT2D eigenvalue weighted by atomic mass is 16.5. The molecule has 0 aliphatic heterocycles. The number of esters is 1. The van der Waals surface area contributed by atoms with Crippen LogP contribution in [0.15, 0.2) is 97.1 Å². The summed E-state index contributed by atoms with van der Waals surface area (Å²) in [6.45, 7) is 11.5. The zero-order valence-electron chi connectivity index (χ0n) is 16.8. The topological polar surface area (TPSA) is 35.5 Å². The molecule has 0 saturated carbocycles. The van der Waals surface area contributed by atoms with Gasteiger partial charge in [-0.1, -0.05) is 61.7 Å². The molecule has 0 spiro atoms. The van der Waals surface area contributed by atoms with E-state index in [4.69, 9.17) is 9.47 Å². The van der Waals surface area contributed by atoms with Crippen LogP contribution in [0.1, 0.15) is 13.8 Å². The lowest BCUT2D eigenvalue weighted by Crippen LogP contribution is -2.07. The van der Waals surface area contributed by atoms with Crippen LogP contribution in [-0.4, -0.2) is 12.6 Å². The molecule has 0 bridgehead atoms. The van der Waals surface area contributed by atoms with Crippen molar-refractivity contribution in [2.24, 2.45) is 0 Å². The van der Waals surface area contributed by atoms with Crippen molar-refractivity contribution >= 4 is 5.97 Å². The Balaban J connectivity index is 1.69. The van der Waals surface area contributed by atoms with Crippen LogP contribution in [0.3, 0.4) is 0 Å². The van der Waals surface area contributed by atoms with E-state index in [1.54, 1.807) is 19.1 Å². The third-order valence-corrected chi connectivity index (χ3v) is 4.30. The van der Waals surface area contributed by atoms with E-state index in [0.717, 1.165) is 33.6 Å². The summed E-state index contributed by atoms with van der Waals surface area (Å²) in [5.74, 6) is 0.922. The average Bonchev–Trinajstić information content (AvgIpc) is 2.73. The molecule has 0 fully saturated rings. The SMILES string of the molecule is C=C(C)COc1ccc(-c2ccc(-c3ccc(OC(=O)C(=C)C)cc3)cc2)cc1. The number of ether oxygens (including phenoxy) is 2. The maximum absolute atomic E-state index is 11.6. The van der Waals surface area contributed by atoms with E-state index in [0.29, 0.717) is 17.9 Å². The van der Waals surface area contributed by atoms with Crippen molar-refractivity contribution in [1.82, 2.24) is 0 Å². The van der Waals surface area contributed by atoms with Crippen molar-refractivity contribution in [1.29, 1.82) is 0 Å². The van der Waals surface area contributed by atoms with Gasteiger partial charge in [0.2, 0.25) is 0 Å². The van der Waals surface area contributed by atoms with Gasteiger partial charge in [0.05, 0.1) is 0 Å². The van der Waals surface area contributed by atoms with Gasteiger partial charge >= 0.3 is 5.97 Å². The van der Waals surface area contributed by atoms with Crippen molar-refractivity contribution in [3.05, 3.63) is 97.1 Å². The summed E-state index contributed by atoms with van der Waals surface area (Å²) in [5, 5.41) is 0. The maximum atomic E-state index is 11.6. The van der Waals surface area contributed by atoms with Crippen molar-refractivity contribution in [3.63, 3.8) is 0 Å². The van der Waals surface area contributed by atoms with Crippen LogP contribution in [0, 0.1) is 0 Å². The average molecular weight is 384 g/mol. The van der Waals surface area contributed by atoms with E-state index < -0.39 is 5.97 Å². The Hall–Kier alpha value is -3.59. The van der Waals surface area contributed by atoms with Gasteiger partial charge in [-0.05, 0) is 65.9 Å². The van der Waals surface area contributed by atoms with Crippen LogP contribution in [0.5, 0.6) is 11.5 Å². The molecule has 146 valence electrons. The van der Waals surface area contributed by atoms with E-state index in [-0.39, 0.29) is 0 Å². The minimum Gasteiger partial charge on any atom is -0.489 e. The van der Waals surface area contributed by atoms with Crippen LogP contribution in [-0.2, 0) is 4.79 Å². The third-order valence-electron chi connectivity index (χ3n) is 4.30. The molecule has 0 saturated heterocycles. The third kappa shape index (κ3) is 5.45. The molecule has 0 unspecified atom stereocenters. The first kappa shape index (κ1) is 20.2. The van der Waals surface area contributed by atoms with Crippen LogP contribution in [0.2, 0.25) is 0 Å². The second-order valence-electron chi connectivity index (χ2n) is 7.04. The van der Waals surface area contributed by atoms with Crippen LogP contribution in [0.4, 0.5) is 0 Å². The number of hydrogen-bond donors (Lipinski definition) is 0. The van der Waals surface area contributed by atoms with Crippen molar-refractivity contribution in [2.45, 2.75) is 13.8 Å². The first-order valence-electron chi connectivity index (χ1n) is 9.38. The van der Waals surface area contributed by atoms with E-state index in [1.807, 2.05) is 43.3 Å². The predicted octanol–water partition coefficient (Wildman–Crippen LogP) is 6.46. The monoisotopic (exact) mass is 384 g/mol. The molecule has 0 amide bonds. The molecule has 0 heterocycles. The Bertz CT molecular complexity index is 1010. The minimum atomic E-state index is -0.418. The normalized spacial score (nSPS) is 10.3. The van der Waals surface area contributed by atoms with Crippen molar-refractivity contribution < 1.29 is 14.3 Å². The number of carbonyl (C=O) groups is 1. The highest BCUT2D eigenvalue weighted by Gasteiger charge is 2.06. The van der Waals surface area contributed by atoms with Crippen molar-refractivity contribution in [2.75, 3.05) is 6.61 Å². The molecule has 0 radical (unpaired) electrons. The molecule has 0 aromatic heterocycles. The zero-order chi connectivity index (χ0) is 20.8. The lowest BCUT2D eigenvalue weighted by molar-refractivity contribution is -0.130. The quantitative estimate of drug-likeness (QED) is 0.203. The van der Waals surface area contributed by atoms with Gasteiger partial charge in [-0.25, -0.2) is 4.79 Å². The highest BCUT2D eigenvalue weighted by molar-refractivity contribution is 5.88. The molecule has 3 nitrogen and oxygen atoms in total. The maximum Gasteiger partial charge on any atom is 0.338 e. The van der Waals surface area contributed by atoms with Gasteiger partial charge in [-0.15, -0.1) is 0 Å². The van der Waals surface area contributed by atoms with Crippen LogP contribution < -0.4 is 9.47 Å². The second kappa shape index (κ2) is 9.07. The van der Waals surface area contributed by atoms with Crippen LogP contribution in [0.25, 0.3) is 22.3 Å². The molecule has 3 aromatic carbocycles. The fourth-order valence-corrected chi connectivity index (χ4v) is 2.71. The fraction of sp³-hybridized carbons (Fsp3) is 0.115. The van der Waals surface area contributed by atoms with E-state index >= 15 is 0 Å². The highest BCUT2D eigenvalue weighted by Crippen LogP contribution is 2.27. The lowest BCUT2D eigenvalue weighted by atomic mass is 10.0. The van der Waals surface area contributed by atoms with E-state index in [1.165, 1.54) is 0 Å². The summed E-state index contributed by atoms with van der Waals surface area (Å²) in [5.41, 5.74) is 5.77. The summed E-state index contributed by atoms with van der Waals surface area (Å²) < 4.78 is 10.9. The fourth-order valence-electron chi connectivity index (χ4n) is 2.71. The summed E-state index contributed by atoms with van der Waals surface area (Å²) in [7, 11) is 0. The Kier molecular flexibility index (Phi) is 6.30. The van der Waals surface area contributed by atoms with Gasteiger partial charge in [0, 0.05) is 5.57 Å². The molecule has 3 heteroatoms. The molecule has 0 aliphatic rings. The number of rotatable bonds is 7. The van der Waals surface area contributed by atoms with Crippen molar-refractivity contribution in [3.8, 4) is 33.8 Å².